The second-order valence-corrected chi connectivity index (χ2v) is 7.71. The Hall–Kier alpha value is -3.66. The Kier molecular flexibility index (Phi) is 5.72. The van der Waals surface area contributed by atoms with Crippen molar-refractivity contribution in [3.05, 3.63) is 58.5 Å². The molecule has 0 atom stereocenters. The summed E-state index contributed by atoms with van der Waals surface area (Å²) in [6.07, 6.45) is 0.229. The minimum absolute atomic E-state index is 0.0290. The van der Waals surface area contributed by atoms with E-state index in [0.717, 1.165) is 28.2 Å². The zero-order valence-electron chi connectivity index (χ0n) is 17.2. The van der Waals surface area contributed by atoms with E-state index in [1.807, 2.05) is 49.6 Å². The lowest BCUT2D eigenvalue weighted by Gasteiger charge is -2.03. The Balaban J connectivity index is 1.46. The minimum Gasteiger partial charge on any atom is -0.466 e. The van der Waals surface area contributed by atoms with Gasteiger partial charge in [-0.15, -0.1) is 16.4 Å². The van der Waals surface area contributed by atoms with Crippen molar-refractivity contribution in [3.8, 4) is 11.3 Å². The number of benzene rings is 1. The van der Waals surface area contributed by atoms with Crippen LogP contribution in [0.4, 0.5) is 5.13 Å². The first-order valence-electron chi connectivity index (χ1n) is 9.65. The van der Waals surface area contributed by atoms with Gasteiger partial charge in [-0.05, 0) is 32.4 Å². The molecule has 0 fully saturated rings. The Bertz CT molecular complexity index is 1260. The Morgan fingerprint density at radius 2 is 1.90 bits per heavy atom. The number of aryl methyl sites for hydroxylation is 2. The fourth-order valence-electron chi connectivity index (χ4n) is 3.05. The highest BCUT2D eigenvalue weighted by Gasteiger charge is 2.17. The molecule has 0 radical (unpaired) electrons. The summed E-state index contributed by atoms with van der Waals surface area (Å²) in [6, 6.07) is 9.36. The van der Waals surface area contributed by atoms with E-state index in [-0.39, 0.29) is 18.2 Å². The Morgan fingerprint density at radius 3 is 2.65 bits per heavy atom. The van der Waals surface area contributed by atoms with E-state index in [9.17, 15) is 9.59 Å². The monoisotopic (exact) mass is 436 g/mol. The fourth-order valence-corrected chi connectivity index (χ4v) is 3.77. The summed E-state index contributed by atoms with van der Waals surface area (Å²) in [5, 5.41) is 9.26. The van der Waals surface area contributed by atoms with Gasteiger partial charge in [-0.2, -0.15) is 4.98 Å². The fraction of sp³-hybridized carbons (Fsp3) is 0.238. The molecular formula is C21H20N6O3S. The summed E-state index contributed by atoms with van der Waals surface area (Å²) >= 11 is 1.31. The highest BCUT2D eigenvalue weighted by molar-refractivity contribution is 7.14. The van der Waals surface area contributed by atoms with Crippen molar-refractivity contribution >= 4 is 34.1 Å². The zero-order valence-corrected chi connectivity index (χ0v) is 18.1. The molecular weight excluding hydrogens is 416 g/mol. The van der Waals surface area contributed by atoms with Crippen LogP contribution < -0.4 is 5.32 Å². The highest BCUT2D eigenvalue weighted by atomic mass is 32.1. The number of carbonyl (C=O) groups is 2. The van der Waals surface area contributed by atoms with Gasteiger partial charge < -0.3 is 4.74 Å². The number of aromatic nitrogens is 5. The molecule has 4 aromatic rings. The van der Waals surface area contributed by atoms with Gasteiger partial charge in [0.1, 0.15) is 0 Å². The summed E-state index contributed by atoms with van der Waals surface area (Å²) in [6.45, 7) is 5.89. The van der Waals surface area contributed by atoms with E-state index in [2.05, 4.69) is 25.4 Å². The van der Waals surface area contributed by atoms with Gasteiger partial charge in [0, 0.05) is 22.3 Å². The Labute approximate surface area is 182 Å². The summed E-state index contributed by atoms with van der Waals surface area (Å²) in [5.41, 5.74) is 4.12. The summed E-state index contributed by atoms with van der Waals surface area (Å²) < 4.78 is 6.50. The van der Waals surface area contributed by atoms with Crippen molar-refractivity contribution in [2.75, 3.05) is 11.9 Å². The van der Waals surface area contributed by atoms with Crippen molar-refractivity contribution in [2.24, 2.45) is 0 Å². The van der Waals surface area contributed by atoms with Crippen molar-refractivity contribution in [2.45, 2.75) is 27.2 Å². The number of thiazole rings is 1. The number of hydrogen-bond donors (Lipinski definition) is 1. The highest BCUT2D eigenvalue weighted by Crippen LogP contribution is 2.25. The van der Waals surface area contributed by atoms with Gasteiger partial charge in [0.25, 0.3) is 11.7 Å². The normalized spacial score (nSPS) is 10.9. The van der Waals surface area contributed by atoms with Gasteiger partial charge in [-0.25, -0.2) is 14.5 Å². The molecule has 0 aliphatic rings. The van der Waals surface area contributed by atoms with Crippen LogP contribution in [0.15, 0.2) is 35.7 Å². The van der Waals surface area contributed by atoms with E-state index in [1.54, 1.807) is 6.92 Å². The third-order valence-corrected chi connectivity index (χ3v) is 5.21. The second-order valence-electron chi connectivity index (χ2n) is 6.86. The van der Waals surface area contributed by atoms with Gasteiger partial charge in [0.05, 0.1) is 18.7 Å². The lowest BCUT2D eigenvalue weighted by Crippen LogP contribution is -2.13. The number of amides is 1. The third-order valence-electron chi connectivity index (χ3n) is 4.45. The number of esters is 1. The van der Waals surface area contributed by atoms with Crippen LogP contribution in [0, 0.1) is 13.8 Å². The first kappa shape index (κ1) is 20.6. The van der Waals surface area contributed by atoms with Crippen LogP contribution >= 0.6 is 11.3 Å². The molecule has 3 aromatic heterocycles. The van der Waals surface area contributed by atoms with Gasteiger partial charge in [-0.3, -0.25) is 14.9 Å². The number of nitrogens with zero attached hydrogens (tertiary/aromatic N) is 5. The van der Waals surface area contributed by atoms with Gasteiger partial charge in [0.2, 0.25) is 5.82 Å². The second kappa shape index (κ2) is 8.60. The van der Waals surface area contributed by atoms with Crippen molar-refractivity contribution in [1.82, 2.24) is 24.6 Å². The van der Waals surface area contributed by atoms with Gasteiger partial charge in [-0.1, -0.05) is 24.3 Å². The van der Waals surface area contributed by atoms with Crippen molar-refractivity contribution in [3.63, 3.8) is 0 Å². The van der Waals surface area contributed by atoms with Crippen LogP contribution in [0.25, 0.3) is 17.0 Å². The topological polar surface area (TPSA) is 111 Å². The zero-order chi connectivity index (χ0) is 22.0. The van der Waals surface area contributed by atoms with Gasteiger partial charge >= 0.3 is 5.97 Å². The van der Waals surface area contributed by atoms with E-state index >= 15 is 0 Å². The molecule has 3 heterocycles. The molecule has 1 amide bonds. The van der Waals surface area contributed by atoms with E-state index in [4.69, 9.17) is 4.74 Å². The lowest BCUT2D eigenvalue weighted by atomic mass is 10.1. The molecule has 0 spiro atoms. The predicted molar refractivity (Wildman–Crippen MR) is 116 cm³/mol. The molecule has 10 heteroatoms. The molecule has 9 nitrogen and oxygen atoms in total. The molecule has 158 valence electrons. The smallest absolute Gasteiger partial charge is 0.310 e. The van der Waals surface area contributed by atoms with Crippen LogP contribution in [0.2, 0.25) is 0 Å². The number of hydrogen-bond acceptors (Lipinski definition) is 8. The average Bonchev–Trinajstić information content (AvgIpc) is 3.36. The first-order valence-corrected chi connectivity index (χ1v) is 10.5. The Morgan fingerprint density at radius 1 is 1.13 bits per heavy atom. The first-order chi connectivity index (χ1) is 14.9. The number of anilines is 1. The summed E-state index contributed by atoms with van der Waals surface area (Å²) in [5.74, 6) is -0.296. The number of rotatable bonds is 6. The summed E-state index contributed by atoms with van der Waals surface area (Å²) in [7, 11) is 0. The molecule has 0 saturated carbocycles. The molecule has 0 bridgehead atoms. The quantitative estimate of drug-likeness (QED) is 0.462. The van der Waals surface area contributed by atoms with Crippen LogP contribution in [0.3, 0.4) is 0 Å². The maximum atomic E-state index is 12.6. The average molecular weight is 436 g/mol. The molecule has 1 aromatic carbocycles. The SMILES string of the molecule is CCOC(=O)Cc1ccc(-c2csc(NC(=O)c3nc4nc(C)cc(C)n4n3)n2)cc1. The standard InChI is InChI=1S/C21H20N6O3S/c1-4-30-17(28)10-14-5-7-15(8-6-14)16-11-31-21(23-16)25-19(29)18-24-20-22-12(2)9-13(3)27(20)26-18/h5-9,11H,4,10H2,1-3H3,(H,23,25,29). The molecule has 1 N–H and O–H groups in total. The van der Waals surface area contributed by atoms with Gasteiger partial charge in [0.15, 0.2) is 5.13 Å². The number of ether oxygens (including phenoxy) is 1. The van der Waals surface area contributed by atoms with E-state index in [1.165, 1.54) is 15.9 Å². The van der Waals surface area contributed by atoms with Crippen LogP contribution in [-0.2, 0) is 16.0 Å². The van der Waals surface area contributed by atoms with Crippen LogP contribution in [0.1, 0.15) is 34.5 Å². The molecule has 31 heavy (non-hydrogen) atoms. The number of nitrogens with one attached hydrogen (secondary N) is 1. The molecule has 0 aliphatic heterocycles. The largest absolute Gasteiger partial charge is 0.466 e. The molecule has 0 aliphatic carbocycles. The van der Waals surface area contributed by atoms with Crippen LogP contribution in [-0.4, -0.2) is 43.0 Å². The lowest BCUT2D eigenvalue weighted by molar-refractivity contribution is -0.142. The molecule has 4 rings (SSSR count). The minimum atomic E-state index is -0.451. The summed E-state index contributed by atoms with van der Waals surface area (Å²) in [4.78, 5) is 37.1. The van der Waals surface area contributed by atoms with Crippen molar-refractivity contribution in [1.29, 1.82) is 0 Å². The van der Waals surface area contributed by atoms with Crippen molar-refractivity contribution < 1.29 is 14.3 Å². The van der Waals surface area contributed by atoms with Crippen LogP contribution in [0.5, 0.6) is 0 Å². The number of carbonyl (C=O) groups excluding carboxylic acids is 2. The molecule has 0 saturated heterocycles. The maximum Gasteiger partial charge on any atom is 0.310 e. The van der Waals surface area contributed by atoms with E-state index < -0.39 is 5.91 Å². The number of fused-ring (bicyclic) bond motifs is 1. The third kappa shape index (κ3) is 4.58. The predicted octanol–water partition coefficient (Wildman–Crippen LogP) is 3.22. The van der Waals surface area contributed by atoms with E-state index in [0.29, 0.717) is 17.5 Å². The molecule has 0 unspecified atom stereocenters. The maximum absolute atomic E-state index is 12.6.